The van der Waals surface area contributed by atoms with Gasteiger partial charge in [0, 0.05) is 11.1 Å². The molecule has 0 saturated carbocycles. The SMILES string of the molecule is O=C(NNC(=O)C1c2ccccc2Oc2ccccc21)c1ccc(Br)s1. The van der Waals surface area contributed by atoms with E-state index in [9.17, 15) is 9.59 Å². The molecule has 2 N–H and O–H groups in total. The summed E-state index contributed by atoms with van der Waals surface area (Å²) in [4.78, 5) is 25.6. The Morgan fingerprint density at radius 3 is 2.08 bits per heavy atom. The van der Waals surface area contributed by atoms with Crippen LogP contribution in [0.3, 0.4) is 0 Å². The molecule has 0 aliphatic carbocycles. The van der Waals surface area contributed by atoms with Gasteiger partial charge in [-0.1, -0.05) is 36.4 Å². The number of benzene rings is 2. The molecule has 0 unspecified atom stereocenters. The average Bonchev–Trinajstić information content (AvgIpc) is 3.10. The second kappa shape index (κ2) is 6.93. The van der Waals surface area contributed by atoms with Gasteiger partial charge in [0.05, 0.1) is 14.6 Å². The fourth-order valence-corrected chi connectivity index (χ4v) is 4.16. The van der Waals surface area contributed by atoms with E-state index in [1.165, 1.54) is 11.3 Å². The van der Waals surface area contributed by atoms with E-state index in [1.807, 2.05) is 48.5 Å². The minimum atomic E-state index is -0.563. The van der Waals surface area contributed by atoms with E-state index in [4.69, 9.17) is 4.74 Å². The number of para-hydroxylation sites is 2. The van der Waals surface area contributed by atoms with E-state index in [-0.39, 0.29) is 11.8 Å². The number of nitrogens with one attached hydrogen (secondary N) is 2. The van der Waals surface area contributed by atoms with Gasteiger partial charge in [-0.2, -0.15) is 0 Å². The zero-order valence-electron chi connectivity index (χ0n) is 13.4. The van der Waals surface area contributed by atoms with Gasteiger partial charge in [0.1, 0.15) is 11.5 Å². The highest BCUT2D eigenvalue weighted by Gasteiger charge is 2.32. The van der Waals surface area contributed by atoms with E-state index < -0.39 is 5.92 Å². The third kappa shape index (κ3) is 3.11. The summed E-state index contributed by atoms with van der Waals surface area (Å²) in [5.74, 6) is 0.0334. The maximum atomic E-state index is 12.9. The monoisotopic (exact) mass is 428 g/mol. The number of carbonyl (C=O) groups excluding carboxylic acids is 2. The predicted octanol–water partition coefficient (Wildman–Crippen LogP) is 4.21. The molecule has 1 aliphatic rings. The fourth-order valence-electron chi connectivity index (χ4n) is 2.88. The van der Waals surface area contributed by atoms with Gasteiger partial charge in [0.2, 0.25) is 0 Å². The molecular weight excluding hydrogens is 416 g/mol. The molecule has 2 amide bonds. The van der Waals surface area contributed by atoms with E-state index in [0.29, 0.717) is 16.4 Å². The van der Waals surface area contributed by atoms with Gasteiger partial charge >= 0.3 is 0 Å². The molecular formula is C19H13BrN2O3S. The Bertz CT molecular complexity index is 956. The molecule has 3 aromatic rings. The molecule has 7 heteroatoms. The van der Waals surface area contributed by atoms with Crippen LogP contribution in [0.25, 0.3) is 0 Å². The summed E-state index contributed by atoms with van der Waals surface area (Å²) in [7, 11) is 0. The molecule has 1 aromatic heterocycles. The molecule has 5 nitrogen and oxygen atoms in total. The first-order valence-corrected chi connectivity index (χ1v) is 9.45. The van der Waals surface area contributed by atoms with Crippen molar-refractivity contribution in [3.63, 3.8) is 0 Å². The molecule has 0 spiro atoms. The number of thiophene rings is 1. The molecule has 0 fully saturated rings. The van der Waals surface area contributed by atoms with Crippen LogP contribution >= 0.6 is 27.3 Å². The molecule has 4 rings (SSSR count). The number of hydrazine groups is 1. The maximum Gasteiger partial charge on any atom is 0.279 e. The van der Waals surface area contributed by atoms with Gasteiger partial charge in [-0.25, -0.2) is 0 Å². The lowest BCUT2D eigenvalue weighted by molar-refractivity contribution is -0.122. The van der Waals surface area contributed by atoms with Crippen molar-refractivity contribution in [1.82, 2.24) is 10.9 Å². The van der Waals surface area contributed by atoms with Crippen LogP contribution in [0.2, 0.25) is 0 Å². The molecule has 2 aromatic carbocycles. The number of carbonyl (C=O) groups is 2. The van der Waals surface area contributed by atoms with Gasteiger partial charge in [-0.05, 0) is 40.2 Å². The predicted molar refractivity (Wildman–Crippen MR) is 102 cm³/mol. The number of ether oxygens (including phenoxy) is 1. The summed E-state index contributed by atoms with van der Waals surface area (Å²) in [6.07, 6.45) is 0. The van der Waals surface area contributed by atoms with Crippen LogP contribution in [0.1, 0.15) is 26.7 Å². The molecule has 130 valence electrons. The summed E-state index contributed by atoms with van der Waals surface area (Å²) < 4.78 is 6.73. The molecule has 0 atom stereocenters. The number of hydrogen-bond acceptors (Lipinski definition) is 4. The van der Waals surface area contributed by atoms with Crippen LogP contribution in [0.4, 0.5) is 0 Å². The number of fused-ring (bicyclic) bond motifs is 2. The number of amides is 2. The Morgan fingerprint density at radius 2 is 1.50 bits per heavy atom. The minimum Gasteiger partial charge on any atom is -0.457 e. The first-order chi connectivity index (χ1) is 12.6. The van der Waals surface area contributed by atoms with Crippen molar-refractivity contribution in [2.75, 3.05) is 0 Å². The number of rotatable bonds is 2. The van der Waals surface area contributed by atoms with Crippen molar-refractivity contribution in [1.29, 1.82) is 0 Å². The van der Waals surface area contributed by atoms with Crippen molar-refractivity contribution in [2.24, 2.45) is 0 Å². The van der Waals surface area contributed by atoms with Gasteiger partial charge < -0.3 is 4.74 Å². The maximum absolute atomic E-state index is 12.9. The van der Waals surface area contributed by atoms with Crippen molar-refractivity contribution < 1.29 is 14.3 Å². The van der Waals surface area contributed by atoms with Crippen molar-refractivity contribution in [2.45, 2.75) is 5.92 Å². The Kier molecular flexibility index (Phi) is 4.48. The van der Waals surface area contributed by atoms with Crippen molar-refractivity contribution >= 4 is 39.1 Å². The number of hydrogen-bond donors (Lipinski definition) is 2. The van der Waals surface area contributed by atoms with Crippen LogP contribution in [0.5, 0.6) is 11.5 Å². The zero-order chi connectivity index (χ0) is 18.1. The molecule has 26 heavy (non-hydrogen) atoms. The van der Waals surface area contributed by atoms with Crippen LogP contribution in [-0.4, -0.2) is 11.8 Å². The van der Waals surface area contributed by atoms with Crippen LogP contribution in [0.15, 0.2) is 64.5 Å². The summed E-state index contributed by atoms with van der Waals surface area (Å²) in [6.45, 7) is 0. The Morgan fingerprint density at radius 1 is 0.885 bits per heavy atom. The quantitative estimate of drug-likeness (QED) is 0.600. The lowest BCUT2D eigenvalue weighted by Gasteiger charge is -2.27. The average molecular weight is 429 g/mol. The standard InChI is InChI=1S/C19H13BrN2O3S/c20-16-10-9-15(26-16)18(23)21-22-19(24)17-11-5-1-3-7-13(11)25-14-8-4-2-6-12(14)17/h1-10,17H,(H,21,23)(H,22,24). The van der Waals surface area contributed by atoms with Gasteiger partial charge in [0.15, 0.2) is 0 Å². The number of halogens is 1. The second-order valence-corrected chi connectivity index (χ2v) is 8.12. The van der Waals surface area contributed by atoms with Crippen LogP contribution in [0, 0.1) is 0 Å². The summed E-state index contributed by atoms with van der Waals surface area (Å²) in [5.41, 5.74) is 6.54. The normalized spacial score (nSPS) is 12.5. The summed E-state index contributed by atoms with van der Waals surface area (Å²) in [6, 6.07) is 18.3. The highest BCUT2D eigenvalue weighted by Crippen LogP contribution is 2.43. The molecule has 0 bridgehead atoms. The molecule has 1 aliphatic heterocycles. The minimum absolute atomic E-state index is 0.322. The smallest absolute Gasteiger partial charge is 0.279 e. The first-order valence-electron chi connectivity index (χ1n) is 7.85. The Hall–Kier alpha value is -2.64. The molecule has 0 radical (unpaired) electrons. The summed E-state index contributed by atoms with van der Waals surface area (Å²) >= 11 is 4.61. The second-order valence-electron chi connectivity index (χ2n) is 5.66. The summed E-state index contributed by atoms with van der Waals surface area (Å²) in [5, 5.41) is 0. The largest absolute Gasteiger partial charge is 0.457 e. The van der Waals surface area contributed by atoms with Gasteiger partial charge in [0.25, 0.3) is 11.8 Å². The lowest BCUT2D eigenvalue weighted by Crippen LogP contribution is -2.44. The van der Waals surface area contributed by atoms with E-state index >= 15 is 0 Å². The zero-order valence-corrected chi connectivity index (χ0v) is 15.8. The first kappa shape index (κ1) is 16.8. The van der Waals surface area contributed by atoms with Crippen molar-refractivity contribution in [3.8, 4) is 11.5 Å². The third-order valence-electron chi connectivity index (χ3n) is 4.04. The topological polar surface area (TPSA) is 67.4 Å². The molecule has 0 saturated heterocycles. The van der Waals surface area contributed by atoms with Crippen molar-refractivity contribution in [3.05, 3.63) is 80.5 Å². The third-order valence-corrected chi connectivity index (χ3v) is 5.66. The molecule has 2 heterocycles. The van der Waals surface area contributed by atoms with Crippen LogP contribution in [-0.2, 0) is 4.79 Å². The van der Waals surface area contributed by atoms with E-state index in [2.05, 4.69) is 26.8 Å². The lowest BCUT2D eigenvalue weighted by atomic mass is 9.87. The van der Waals surface area contributed by atoms with Crippen LogP contribution < -0.4 is 15.6 Å². The van der Waals surface area contributed by atoms with Gasteiger partial charge in [-0.3, -0.25) is 20.4 Å². The van der Waals surface area contributed by atoms with E-state index in [1.54, 1.807) is 12.1 Å². The highest BCUT2D eigenvalue weighted by atomic mass is 79.9. The highest BCUT2D eigenvalue weighted by molar-refractivity contribution is 9.11. The Balaban J connectivity index is 1.58. The fraction of sp³-hybridized carbons (Fsp3) is 0.0526. The van der Waals surface area contributed by atoms with E-state index in [0.717, 1.165) is 14.9 Å². The Labute approximate surface area is 162 Å². The van der Waals surface area contributed by atoms with Gasteiger partial charge in [-0.15, -0.1) is 11.3 Å².